The first-order valence-corrected chi connectivity index (χ1v) is 5.46. The Morgan fingerprint density at radius 2 is 1.65 bits per heavy atom. The summed E-state index contributed by atoms with van der Waals surface area (Å²) in [6.45, 7) is 0. The van der Waals surface area contributed by atoms with Crippen molar-refractivity contribution in [2.75, 3.05) is 7.11 Å². The van der Waals surface area contributed by atoms with Crippen molar-refractivity contribution in [2.24, 2.45) is 5.73 Å². The van der Waals surface area contributed by atoms with Gasteiger partial charge in [-0.05, 0) is 29.3 Å². The van der Waals surface area contributed by atoms with Gasteiger partial charge in [-0.15, -0.1) is 0 Å². The van der Waals surface area contributed by atoms with Gasteiger partial charge in [0.15, 0.2) is 0 Å². The lowest BCUT2D eigenvalue weighted by Gasteiger charge is -2.03. The second-order valence-electron chi connectivity index (χ2n) is 3.74. The van der Waals surface area contributed by atoms with Crippen molar-refractivity contribution in [3.05, 3.63) is 65.7 Å². The van der Waals surface area contributed by atoms with E-state index in [2.05, 4.69) is 0 Å². The summed E-state index contributed by atoms with van der Waals surface area (Å²) in [5.74, 6) is 0.848. The van der Waals surface area contributed by atoms with Gasteiger partial charge in [-0.3, -0.25) is 0 Å². The Bertz CT molecular complexity index is 500. The molecule has 0 aliphatic carbocycles. The maximum atomic E-state index is 6.03. The molecule has 0 aromatic heterocycles. The van der Waals surface area contributed by atoms with E-state index in [0.717, 1.165) is 22.6 Å². The predicted octanol–water partition coefficient (Wildman–Crippen LogP) is 3.15. The third-order valence-corrected chi connectivity index (χ3v) is 2.55. The van der Waals surface area contributed by atoms with Crippen LogP contribution >= 0.6 is 0 Å². The first kappa shape index (κ1) is 11.3. The van der Waals surface area contributed by atoms with E-state index in [0.29, 0.717) is 0 Å². The van der Waals surface area contributed by atoms with Crippen LogP contribution in [0.1, 0.15) is 11.1 Å². The van der Waals surface area contributed by atoms with Gasteiger partial charge in [-0.25, -0.2) is 0 Å². The topological polar surface area (TPSA) is 35.2 Å². The summed E-state index contributed by atoms with van der Waals surface area (Å²) >= 11 is 0. The van der Waals surface area contributed by atoms with Crippen molar-refractivity contribution in [3.63, 3.8) is 0 Å². The van der Waals surface area contributed by atoms with Crippen LogP contribution in [0.25, 0.3) is 11.8 Å². The zero-order chi connectivity index (χ0) is 12.1. The van der Waals surface area contributed by atoms with Gasteiger partial charge in [0.25, 0.3) is 0 Å². The van der Waals surface area contributed by atoms with E-state index < -0.39 is 0 Å². The largest absolute Gasteiger partial charge is 0.497 e. The lowest BCUT2D eigenvalue weighted by atomic mass is 10.1. The molecule has 0 heterocycles. The highest BCUT2D eigenvalue weighted by atomic mass is 16.5. The third-order valence-electron chi connectivity index (χ3n) is 2.55. The lowest BCUT2D eigenvalue weighted by Crippen LogP contribution is -1.95. The summed E-state index contributed by atoms with van der Waals surface area (Å²) in [6, 6.07) is 17.7. The molecular weight excluding hydrogens is 210 g/mol. The smallest absolute Gasteiger partial charge is 0.118 e. The molecule has 2 nitrogen and oxygen atoms in total. The molecule has 0 saturated carbocycles. The molecule has 2 aromatic carbocycles. The first-order chi connectivity index (χ1) is 8.29. The minimum Gasteiger partial charge on any atom is -0.497 e. The number of benzene rings is 2. The Morgan fingerprint density at radius 1 is 1.00 bits per heavy atom. The second kappa shape index (κ2) is 5.21. The molecule has 17 heavy (non-hydrogen) atoms. The summed E-state index contributed by atoms with van der Waals surface area (Å²) in [5.41, 5.74) is 8.88. The highest BCUT2D eigenvalue weighted by molar-refractivity contribution is 5.79. The zero-order valence-electron chi connectivity index (χ0n) is 9.76. The van der Waals surface area contributed by atoms with Crippen LogP contribution in [0, 0.1) is 0 Å². The molecule has 0 atom stereocenters. The molecule has 86 valence electrons. The summed E-state index contributed by atoms with van der Waals surface area (Å²) in [4.78, 5) is 0. The van der Waals surface area contributed by atoms with Crippen molar-refractivity contribution in [1.82, 2.24) is 0 Å². The van der Waals surface area contributed by atoms with Crippen LogP contribution in [-0.4, -0.2) is 7.11 Å². The quantitative estimate of drug-likeness (QED) is 0.814. The number of ether oxygens (including phenoxy) is 1. The Labute approximate surface area is 101 Å². The van der Waals surface area contributed by atoms with Crippen molar-refractivity contribution in [2.45, 2.75) is 0 Å². The van der Waals surface area contributed by atoms with E-state index in [-0.39, 0.29) is 0 Å². The molecule has 0 amide bonds. The van der Waals surface area contributed by atoms with Gasteiger partial charge >= 0.3 is 0 Å². The van der Waals surface area contributed by atoms with Crippen LogP contribution in [0.2, 0.25) is 0 Å². The molecule has 2 aromatic rings. The van der Waals surface area contributed by atoms with E-state index >= 15 is 0 Å². The molecule has 0 bridgehead atoms. The predicted molar refractivity (Wildman–Crippen MR) is 71.5 cm³/mol. The minimum atomic E-state index is 0.760. The van der Waals surface area contributed by atoms with E-state index in [1.54, 1.807) is 7.11 Å². The van der Waals surface area contributed by atoms with Crippen LogP contribution in [0.3, 0.4) is 0 Å². The standard InChI is InChI=1S/C15H15NO/c1-17-14-9-7-12(8-10-14)11-15(16)13-5-3-2-4-6-13/h2-11H,16H2,1H3/b15-11+. The Balaban J connectivity index is 2.23. The molecule has 0 unspecified atom stereocenters. The van der Waals surface area contributed by atoms with Crippen LogP contribution in [-0.2, 0) is 0 Å². The van der Waals surface area contributed by atoms with Gasteiger partial charge in [-0.2, -0.15) is 0 Å². The van der Waals surface area contributed by atoms with Gasteiger partial charge in [0.05, 0.1) is 7.11 Å². The van der Waals surface area contributed by atoms with E-state index in [1.807, 2.05) is 60.7 Å². The first-order valence-electron chi connectivity index (χ1n) is 5.46. The van der Waals surface area contributed by atoms with Gasteiger partial charge < -0.3 is 10.5 Å². The normalized spacial score (nSPS) is 11.2. The maximum Gasteiger partial charge on any atom is 0.118 e. The van der Waals surface area contributed by atoms with E-state index in [1.165, 1.54) is 0 Å². The molecular formula is C15H15NO. The number of hydrogen-bond acceptors (Lipinski definition) is 2. The van der Waals surface area contributed by atoms with Gasteiger partial charge in [-0.1, -0.05) is 42.5 Å². The van der Waals surface area contributed by atoms with Gasteiger partial charge in [0.1, 0.15) is 5.75 Å². The van der Waals surface area contributed by atoms with Crippen LogP contribution in [0.4, 0.5) is 0 Å². The number of methoxy groups -OCH3 is 1. The van der Waals surface area contributed by atoms with Crippen molar-refractivity contribution >= 4 is 11.8 Å². The third kappa shape index (κ3) is 2.88. The molecule has 2 N–H and O–H groups in total. The summed E-state index contributed by atoms with van der Waals surface area (Å²) < 4.78 is 5.11. The average Bonchev–Trinajstić information content (AvgIpc) is 2.40. The molecule has 0 radical (unpaired) electrons. The van der Waals surface area contributed by atoms with E-state index in [9.17, 15) is 0 Å². The number of rotatable bonds is 3. The highest BCUT2D eigenvalue weighted by Crippen LogP contribution is 2.16. The molecule has 0 aliphatic rings. The summed E-state index contributed by atoms with van der Waals surface area (Å²) in [5, 5.41) is 0. The van der Waals surface area contributed by atoms with Crippen LogP contribution in [0.5, 0.6) is 5.75 Å². The van der Waals surface area contributed by atoms with Crippen LogP contribution in [0.15, 0.2) is 54.6 Å². The van der Waals surface area contributed by atoms with E-state index in [4.69, 9.17) is 10.5 Å². The van der Waals surface area contributed by atoms with Crippen molar-refractivity contribution in [1.29, 1.82) is 0 Å². The molecule has 0 saturated heterocycles. The highest BCUT2D eigenvalue weighted by Gasteiger charge is 1.96. The van der Waals surface area contributed by atoms with Crippen molar-refractivity contribution < 1.29 is 4.74 Å². The summed E-state index contributed by atoms with van der Waals surface area (Å²) in [6.07, 6.45) is 1.95. The number of hydrogen-bond donors (Lipinski definition) is 1. The van der Waals surface area contributed by atoms with Crippen molar-refractivity contribution in [3.8, 4) is 5.75 Å². The fourth-order valence-corrected chi connectivity index (χ4v) is 1.59. The van der Waals surface area contributed by atoms with Gasteiger partial charge in [0, 0.05) is 5.70 Å². The molecule has 2 heteroatoms. The Morgan fingerprint density at radius 3 is 2.24 bits per heavy atom. The maximum absolute atomic E-state index is 6.03. The van der Waals surface area contributed by atoms with Crippen LogP contribution < -0.4 is 10.5 Å². The average molecular weight is 225 g/mol. The van der Waals surface area contributed by atoms with Gasteiger partial charge in [0.2, 0.25) is 0 Å². The molecule has 0 fully saturated rings. The fourth-order valence-electron chi connectivity index (χ4n) is 1.59. The minimum absolute atomic E-state index is 0.760. The molecule has 0 aliphatic heterocycles. The Kier molecular flexibility index (Phi) is 3.46. The monoisotopic (exact) mass is 225 g/mol. The second-order valence-corrected chi connectivity index (χ2v) is 3.74. The molecule has 2 rings (SSSR count). The Hall–Kier alpha value is -2.22. The summed E-state index contributed by atoms with van der Waals surface area (Å²) in [7, 11) is 1.66. The lowest BCUT2D eigenvalue weighted by molar-refractivity contribution is 0.415. The fraction of sp³-hybridized carbons (Fsp3) is 0.0667. The number of nitrogens with two attached hydrogens (primary N) is 1. The molecule has 0 spiro atoms. The zero-order valence-corrected chi connectivity index (χ0v) is 9.76. The SMILES string of the molecule is COc1ccc(/C=C(/N)c2ccccc2)cc1.